The second kappa shape index (κ2) is 7.03. The molecule has 2 atom stereocenters. The predicted octanol–water partition coefficient (Wildman–Crippen LogP) is 3.26. The van der Waals surface area contributed by atoms with Crippen LogP contribution in [0.5, 0.6) is 0 Å². The molecule has 1 N–H and O–H groups in total. The van der Waals surface area contributed by atoms with E-state index in [0.29, 0.717) is 31.3 Å². The van der Waals surface area contributed by atoms with Crippen LogP contribution in [0.15, 0.2) is 33.3 Å². The largest absolute Gasteiger partial charge is 0.481 e. The summed E-state index contributed by atoms with van der Waals surface area (Å²) in [6.45, 7) is 5.66. The number of halogens is 1. The van der Waals surface area contributed by atoms with Crippen molar-refractivity contribution in [3.63, 3.8) is 0 Å². The maximum atomic E-state index is 11.7. The van der Waals surface area contributed by atoms with Gasteiger partial charge >= 0.3 is 5.97 Å². The van der Waals surface area contributed by atoms with Crippen molar-refractivity contribution in [2.75, 3.05) is 13.1 Å². The minimum Gasteiger partial charge on any atom is -0.481 e. The normalized spacial score (nSPS) is 21.5. The first-order chi connectivity index (χ1) is 11.4. The number of rotatable bonds is 5. The summed E-state index contributed by atoms with van der Waals surface area (Å²) < 4.78 is 6.21. The van der Waals surface area contributed by atoms with Crippen LogP contribution in [0.3, 0.4) is 0 Å². The highest BCUT2D eigenvalue weighted by atomic mass is 79.9. The number of hydrogen-bond acceptors (Lipinski definition) is 5. The van der Waals surface area contributed by atoms with Gasteiger partial charge in [-0.25, -0.2) is 0 Å². The summed E-state index contributed by atoms with van der Waals surface area (Å²) in [6.07, 6.45) is 0. The van der Waals surface area contributed by atoms with Crippen molar-refractivity contribution in [3.05, 3.63) is 46.0 Å². The number of nitrogens with zero attached hydrogens (tertiary/aromatic N) is 3. The molecule has 2 aromatic rings. The van der Waals surface area contributed by atoms with Crippen molar-refractivity contribution in [1.82, 2.24) is 15.0 Å². The minimum absolute atomic E-state index is 0.0351. The third-order valence-corrected chi connectivity index (χ3v) is 4.88. The van der Waals surface area contributed by atoms with Gasteiger partial charge in [0.1, 0.15) is 0 Å². The molecule has 1 saturated heterocycles. The molecule has 1 aromatic carbocycles. The molecular formula is C17H20BrN3O3. The Kier molecular flexibility index (Phi) is 5.01. The van der Waals surface area contributed by atoms with E-state index < -0.39 is 11.9 Å². The van der Waals surface area contributed by atoms with Crippen molar-refractivity contribution in [2.45, 2.75) is 32.2 Å². The number of carboxylic acid groups (broad SMARTS) is 1. The number of carbonyl (C=O) groups is 1. The van der Waals surface area contributed by atoms with Crippen LogP contribution in [-0.4, -0.2) is 39.2 Å². The van der Waals surface area contributed by atoms with E-state index in [-0.39, 0.29) is 11.8 Å². The Morgan fingerprint density at radius 3 is 2.67 bits per heavy atom. The molecule has 2 heterocycles. The quantitative estimate of drug-likeness (QED) is 0.839. The van der Waals surface area contributed by atoms with Gasteiger partial charge in [0.05, 0.1) is 12.5 Å². The summed E-state index contributed by atoms with van der Waals surface area (Å²) in [7, 11) is 0. The molecule has 1 fully saturated rings. The molecule has 128 valence electrons. The highest BCUT2D eigenvalue weighted by Gasteiger charge is 2.38. The van der Waals surface area contributed by atoms with Gasteiger partial charge in [0.2, 0.25) is 5.89 Å². The third kappa shape index (κ3) is 3.67. The lowest BCUT2D eigenvalue weighted by molar-refractivity contribution is -0.141. The maximum absolute atomic E-state index is 11.7. The van der Waals surface area contributed by atoms with Crippen molar-refractivity contribution in [3.8, 4) is 0 Å². The van der Waals surface area contributed by atoms with E-state index in [4.69, 9.17) is 4.52 Å². The number of carboxylic acids is 1. The molecule has 7 heteroatoms. The van der Waals surface area contributed by atoms with Gasteiger partial charge in [-0.3, -0.25) is 9.69 Å². The molecule has 0 bridgehead atoms. The van der Waals surface area contributed by atoms with Gasteiger partial charge in [-0.15, -0.1) is 0 Å². The Morgan fingerprint density at radius 1 is 1.38 bits per heavy atom. The minimum atomic E-state index is -0.763. The predicted molar refractivity (Wildman–Crippen MR) is 91.7 cm³/mol. The van der Waals surface area contributed by atoms with Crippen molar-refractivity contribution in [1.29, 1.82) is 0 Å². The molecule has 0 radical (unpaired) electrons. The molecule has 0 spiro atoms. The lowest BCUT2D eigenvalue weighted by atomic mass is 9.89. The molecule has 0 unspecified atom stereocenters. The van der Waals surface area contributed by atoms with Crippen LogP contribution in [0, 0.1) is 5.92 Å². The Hall–Kier alpha value is -1.73. The number of hydrogen-bond donors (Lipinski definition) is 1. The molecule has 1 aliphatic heterocycles. The van der Waals surface area contributed by atoms with Gasteiger partial charge in [-0.05, 0) is 17.7 Å². The number of aliphatic carboxylic acids is 1. The zero-order chi connectivity index (χ0) is 17.3. The fourth-order valence-corrected chi connectivity index (χ4v) is 3.34. The van der Waals surface area contributed by atoms with E-state index >= 15 is 0 Å². The van der Waals surface area contributed by atoms with Crippen molar-refractivity contribution in [2.24, 2.45) is 5.92 Å². The molecule has 1 aliphatic rings. The monoisotopic (exact) mass is 393 g/mol. The lowest BCUT2D eigenvalue weighted by Gasteiger charge is -2.15. The summed E-state index contributed by atoms with van der Waals surface area (Å²) in [5.74, 6) is 0.186. The van der Waals surface area contributed by atoms with Crippen LogP contribution < -0.4 is 0 Å². The Balaban J connectivity index is 1.74. The zero-order valence-electron chi connectivity index (χ0n) is 13.6. The highest BCUT2D eigenvalue weighted by molar-refractivity contribution is 9.10. The average molecular weight is 394 g/mol. The second-order valence-electron chi connectivity index (χ2n) is 6.50. The highest BCUT2D eigenvalue weighted by Crippen LogP contribution is 2.34. The summed E-state index contributed by atoms with van der Waals surface area (Å²) in [6, 6.07) is 7.87. The van der Waals surface area contributed by atoms with E-state index in [9.17, 15) is 9.90 Å². The fourth-order valence-electron chi connectivity index (χ4n) is 3.08. The average Bonchev–Trinajstić information content (AvgIpc) is 3.15. The molecule has 1 aromatic heterocycles. The van der Waals surface area contributed by atoms with Crippen LogP contribution in [0.1, 0.15) is 43.0 Å². The Morgan fingerprint density at radius 2 is 2.08 bits per heavy atom. The van der Waals surface area contributed by atoms with Gasteiger partial charge in [0, 0.05) is 29.4 Å². The first-order valence-electron chi connectivity index (χ1n) is 7.97. The van der Waals surface area contributed by atoms with Gasteiger partial charge in [-0.1, -0.05) is 47.1 Å². The van der Waals surface area contributed by atoms with Crippen LogP contribution in [0.4, 0.5) is 0 Å². The van der Waals surface area contributed by atoms with E-state index in [1.54, 1.807) is 0 Å². The summed E-state index contributed by atoms with van der Waals surface area (Å²) in [4.78, 5) is 18.1. The molecule has 0 amide bonds. The lowest BCUT2D eigenvalue weighted by Crippen LogP contribution is -2.23. The maximum Gasteiger partial charge on any atom is 0.308 e. The number of aromatic nitrogens is 2. The van der Waals surface area contributed by atoms with Crippen LogP contribution >= 0.6 is 15.9 Å². The molecular weight excluding hydrogens is 374 g/mol. The molecule has 6 nitrogen and oxygen atoms in total. The van der Waals surface area contributed by atoms with E-state index in [0.717, 1.165) is 10.0 Å². The molecule has 3 rings (SSSR count). The number of benzene rings is 1. The van der Waals surface area contributed by atoms with E-state index in [1.807, 2.05) is 38.1 Å². The smallest absolute Gasteiger partial charge is 0.308 e. The first-order valence-corrected chi connectivity index (χ1v) is 8.76. The van der Waals surface area contributed by atoms with Gasteiger partial charge < -0.3 is 9.63 Å². The van der Waals surface area contributed by atoms with Gasteiger partial charge in [0.15, 0.2) is 5.82 Å². The van der Waals surface area contributed by atoms with E-state index in [2.05, 4.69) is 31.0 Å². The number of likely N-dealkylation sites (tertiary alicyclic amines) is 1. The second-order valence-corrected chi connectivity index (χ2v) is 7.42. The molecule has 24 heavy (non-hydrogen) atoms. The molecule has 0 aliphatic carbocycles. The van der Waals surface area contributed by atoms with E-state index in [1.165, 1.54) is 0 Å². The SMILES string of the molecule is CC(C)c1nc(CN2C[C@@H](C(=O)O)[C@H](c3ccc(Br)cc3)C2)no1. The topological polar surface area (TPSA) is 79.5 Å². The van der Waals surface area contributed by atoms with Gasteiger partial charge in [0.25, 0.3) is 0 Å². The summed E-state index contributed by atoms with van der Waals surface area (Å²) >= 11 is 3.41. The first kappa shape index (κ1) is 17.1. The zero-order valence-corrected chi connectivity index (χ0v) is 15.2. The summed E-state index contributed by atoms with van der Waals surface area (Å²) in [5.41, 5.74) is 1.05. The summed E-state index contributed by atoms with van der Waals surface area (Å²) in [5, 5.41) is 13.6. The van der Waals surface area contributed by atoms with Crippen LogP contribution in [-0.2, 0) is 11.3 Å². The Labute approximate surface area is 149 Å². The van der Waals surface area contributed by atoms with Crippen molar-refractivity contribution < 1.29 is 14.4 Å². The van der Waals surface area contributed by atoms with Crippen LogP contribution in [0.25, 0.3) is 0 Å². The molecule has 0 saturated carbocycles. The van der Waals surface area contributed by atoms with Crippen LogP contribution in [0.2, 0.25) is 0 Å². The Bertz CT molecular complexity index is 714. The standard InChI is InChI=1S/C17H20BrN3O3/c1-10(2)16-19-15(20-24-16)9-21-7-13(14(8-21)17(22)23)11-3-5-12(18)6-4-11/h3-6,10,13-14H,7-9H2,1-2H3,(H,22,23)/t13-,14+/m0/s1. The van der Waals surface area contributed by atoms with Gasteiger partial charge in [-0.2, -0.15) is 4.98 Å². The third-order valence-electron chi connectivity index (χ3n) is 4.35. The fraction of sp³-hybridized carbons (Fsp3) is 0.471. The van der Waals surface area contributed by atoms with Crippen molar-refractivity contribution >= 4 is 21.9 Å².